The summed E-state index contributed by atoms with van der Waals surface area (Å²) in [5.41, 5.74) is 20.1. The van der Waals surface area contributed by atoms with Crippen molar-refractivity contribution in [2.24, 2.45) is 44.7 Å². The third kappa shape index (κ3) is 8.45. The van der Waals surface area contributed by atoms with E-state index in [1.54, 1.807) is 12.1 Å². The highest BCUT2D eigenvalue weighted by Gasteiger charge is 2.52. The topological polar surface area (TPSA) is 142 Å². The van der Waals surface area contributed by atoms with Crippen LogP contribution < -0.4 is 20.3 Å². The van der Waals surface area contributed by atoms with E-state index in [9.17, 15) is 19.8 Å². The van der Waals surface area contributed by atoms with Crippen LogP contribution in [-0.2, 0) is 22.4 Å². The van der Waals surface area contributed by atoms with Gasteiger partial charge in [0, 0.05) is 22.3 Å². The zero-order valence-electron chi connectivity index (χ0n) is 39.9. The Labute approximate surface area is 400 Å². The van der Waals surface area contributed by atoms with Crippen molar-refractivity contribution >= 4 is 45.5 Å². The maximum atomic E-state index is 13.0. The summed E-state index contributed by atoms with van der Waals surface area (Å²) < 4.78 is 11.9. The number of aromatic hydroxyl groups is 2. The molecule has 0 radical (unpaired) electrons. The van der Waals surface area contributed by atoms with Gasteiger partial charge in [0.15, 0.2) is 13.2 Å². The van der Waals surface area contributed by atoms with Gasteiger partial charge >= 0.3 is 0 Å². The van der Waals surface area contributed by atoms with Crippen LogP contribution in [-0.4, -0.2) is 46.7 Å². The number of hydrogen-bond donors (Lipinski definition) is 4. The molecule has 0 aromatic heterocycles. The number of carbonyl (C=O) groups excluding carboxylic acids is 2. The average molecular weight is 913 g/mol. The third-order valence-corrected chi connectivity index (χ3v) is 16.7. The number of ether oxygens (including phenoxy) is 2. The largest absolute Gasteiger partial charge is 0.508 e. The summed E-state index contributed by atoms with van der Waals surface area (Å²) in [6.07, 6.45) is 16.1. The third-order valence-electron chi connectivity index (χ3n) is 16.7. The van der Waals surface area contributed by atoms with Crippen LogP contribution >= 0.6 is 0 Å². The molecule has 0 aliphatic heterocycles. The van der Waals surface area contributed by atoms with E-state index >= 15 is 0 Å². The number of fused-ring (bicyclic) bond motifs is 10. The quantitative estimate of drug-likeness (QED) is 0.0824. The number of nitrogens with one attached hydrogen (secondary N) is 2. The van der Waals surface area contributed by atoms with Gasteiger partial charge in [-0.25, -0.2) is 10.9 Å². The van der Waals surface area contributed by atoms with Crippen LogP contribution in [0.2, 0.25) is 0 Å². The van der Waals surface area contributed by atoms with E-state index in [1.807, 2.05) is 36.4 Å². The molecule has 10 rings (SSSR count). The van der Waals surface area contributed by atoms with Gasteiger partial charge in [-0.1, -0.05) is 76.2 Å². The first-order valence-corrected chi connectivity index (χ1v) is 24.9. The second kappa shape index (κ2) is 18.6. The van der Waals surface area contributed by atoms with E-state index in [1.165, 1.54) is 44.5 Å². The zero-order chi connectivity index (χ0) is 47.2. The molecule has 4 aromatic rings. The Morgan fingerprint density at radius 2 is 1.00 bits per heavy atom. The van der Waals surface area contributed by atoms with E-state index in [2.05, 4.69) is 87.1 Å². The van der Waals surface area contributed by atoms with E-state index in [4.69, 9.17) is 19.7 Å². The molecule has 6 aliphatic rings. The summed E-state index contributed by atoms with van der Waals surface area (Å²) in [7, 11) is 0. The summed E-state index contributed by atoms with van der Waals surface area (Å²) >= 11 is 0. The lowest BCUT2D eigenvalue weighted by atomic mass is 9.60. The minimum absolute atomic E-state index is 0.0890. The molecule has 352 valence electrons. The number of carbonyl (C=O) groups is 2. The van der Waals surface area contributed by atoms with Gasteiger partial charge in [-0.15, -0.1) is 0 Å². The molecule has 6 atom stereocenters. The number of hydrogen-bond acceptors (Lipinski definition) is 8. The molecular formula is C58H64N4O6. The summed E-state index contributed by atoms with van der Waals surface area (Å²) in [5, 5.41) is 29.4. The van der Waals surface area contributed by atoms with E-state index in [-0.39, 0.29) is 35.9 Å². The number of allylic oxidation sites excluding steroid dienone is 6. The van der Waals surface area contributed by atoms with Gasteiger partial charge < -0.3 is 19.7 Å². The average Bonchev–Trinajstić information content (AvgIpc) is 3.88. The summed E-state index contributed by atoms with van der Waals surface area (Å²) in [6.45, 7) is 8.67. The predicted octanol–water partition coefficient (Wildman–Crippen LogP) is 11.5. The zero-order valence-corrected chi connectivity index (χ0v) is 39.9. The van der Waals surface area contributed by atoms with Crippen molar-refractivity contribution < 1.29 is 29.3 Å². The van der Waals surface area contributed by atoms with E-state index in [0.717, 1.165) is 99.6 Å². The first kappa shape index (κ1) is 45.4. The van der Waals surface area contributed by atoms with Crippen molar-refractivity contribution in [2.75, 3.05) is 13.2 Å². The van der Waals surface area contributed by atoms with E-state index in [0.29, 0.717) is 46.7 Å². The maximum absolute atomic E-state index is 13.0. The fourth-order valence-electron chi connectivity index (χ4n) is 13.2. The lowest BCUT2D eigenvalue weighted by Crippen LogP contribution is -2.39. The monoisotopic (exact) mass is 912 g/mol. The second-order valence-corrected chi connectivity index (χ2v) is 20.3. The molecule has 4 N–H and O–H groups in total. The minimum Gasteiger partial charge on any atom is -0.508 e. The van der Waals surface area contributed by atoms with Gasteiger partial charge in [-0.05, 0) is 205 Å². The van der Waals surface area contributed by atoms with Gasteiger partial charge in [0.1, 0.15) is 23.0 Å². The maximum Gasteiger partial charge on any atom is 0.277 e. The number of aryl methyl sites for hydroxylation is 2. The Morgan fingerprint density at radius 1 is 0.588 bits per heavy atom. The number of benzene rings is 4. The Kier molecular flexibility index (Phi) is 12.4. The van der Waals surface area contributed by atoms with Crippen molar-refractivity contribution in [1.29, 1.82) is 0 Å². The predicted molar refractivity (Wildman–Crippen MR) is 269 cm³/mol. The molecule has 10 nitrogen and oxygen atoms in total. The SMILES string of the molecule is CC/C(=C(/CC)c1ccc(OCC(=O)N/N=C2\CCC3C4CCc5cc(O)ccc5C4=CCC23C)cc1)c1ccc(OCC(=O)N/N=C2/CCC3C4CCc5cc(O)ccc5C4=CCC23C)cc1. The summed E-state index contributed by atoms with van der Waals surface area (Å²) in [4.78, 5) is 26.0. The van der Waals surface area contributed by atoms with Crippen LogP contribution in [0.25, 0.3) is 22.3 Å². The van der Waals surface area contributed by atoms with Gasteiger partial charge in [0.25, 0.3) is 11.8 Å². The lowest BCUT2D eigenvalue weighted by Gasteiger charge is -2.44. The lowest BCUT2D eigenvalue weighted by molar-refractivity contribution is -0.123. The highest BCUT2D eigenvalue weighted by atomic mass is 16.5. The minimum atomic E-state index is -0.278. The Hall–Kier alpha value is -6.42. The number of phenols is 2. The molecule has 6 aliphatic carbocycles. The molecule has 2 fully saturated rings. The van der Waals surface area contributed by atoms with Crippen molar-refractivity contribution in [2.45, 2.75) is 105 Å². The number of rotatable bonds is 12. The van der Waals surface area contributed by atoms with Gasteiger partial charge in [-0.3, -0.25) is 9.59 Å². The van der Waals surface area contributed by atoms with Gasteiger partial charge in [-0.2, -0.15) is 10.2 Å². The first-order chi connectivity index (χ1) is 32.9. The molecule has 0 heterocycles. The first-order valence-electron chi connectivity index (χ1n) is 24.9. The van der Waals surface area contributed by atoms with Crippen molar-refractivity contribution in [1.82, 2.24) is 10.9 Å². The molecule has 4 aromatic carbocycles. The Morgan fingerprint density at radius 3 is 1.40 bits per heavy atom. The van der Waals surface area contributed by atoms with Crippen LogP contribution in [0.4, 0.5) is 0 Å². The standard InChI is InChI=1S/C58H64N4O6/c1-5-43(35-7-15-41(16-8-35)67-33-55(65)61-59-53-25-23-51-49-19-11-37-31-39(63)13-21-45(37)47(49)27-29-57(51,53)3)44(6-2)36-9-17-42(18-10-36)68-34-56(66)62-60-54-26-24-52-50-20-12-38-32-40(64)14-22-46(38)48(50)28-30-58(52,54)4/h7-10,13-18,21-22,27-28,31-32,49-52,63-64H,5-6,11-12,19-20,23-26,29-30,33-34H2,1-4H3,(H,61,65)(H,62,66)/b44-43+,59-53-,60-54+. The second-order valence-electron chi connectivity index (χ2n) is 20.3. The highest BCUT2D eigenvalue weighted by Crippen LogP contribution is 2.59. The van der Waals surface area contributed by atoms with Crippen LogP contribution in [0.15, 0.2) is 107 Å². The van der Waals surface area contributed by atoms with Crippen molar-refractivity contribution in [3.8, 4) is 23.0 Å². The smallest absolute Gasteiger partial charge is 0.277 e. The Bertz CT molecular complexity index is 2600. The summed E-state index contributed by atoms with van der Waals surface area (Å²) in [5.74, 6) is 3.22. The number of phenolic OH excluding ortho intramolecular Hbond substituents is 2. The highest BCUT2D eigenvalue weighted by molar-refractivity contribution is 5.96. The van der Waals surface area contributed by atoms with Crippen molar-refractivity contribution in [3.05, 3.63) is 130 Å². The fourth-order valence-corrected chi connectivity index (χ4v) is 13.2. The van der Waals surface area contributed by atoms with Gasteiger partial charge in [0.05, 0.1) is 0 Å². The summed E-state index contributed by atoms with van der Waals surface area (Å²) in [6, 6.07) is 27.4. The molecule has 0 spiro atoms. The normalized spacial score (nSPS) is 27.0. The van der Waals surface area contributed by atoms with Crippen LogP contribution in [0.1, 0.15) is 125 Å². The van der Waals surface area contributed by atoms with Crippen LogP contribution in [0, 0.1) is 34.5 Å². The number of nitrogens with zero attached hydrogens (tertiary/aromatic N) is 2. The van der Waals surface area contributed by atoms with Crippen molar-refractivity contribution in [3.63, 3.8) is 0 Å². The molecule has 2 amide bonds. The molecule has 6 unspecified atom stereocenters. The fraction of sp³-hybridized carbons (Fsp3) is 0.414. The van der Waals surface area contributed by atoms with E-state index < -0.39 is 0 Å². The molecular weight excluding hydrogens is 849 g/mol. The number of amides is 2. The molecule has 0 bridgehead atoms. The van der Waals surface area contributed by atoms with Gasteiger partial charge in [0.2, 0.25) is 0 Å². The number of hydrazone groups is 2. The molecule has 0 saturated heterocycles. The Balaban J connectivity index is 0.712. The molecule has 10 heteroatoms. The molecule has 68 heavy (non-hydrogen) atoms. The van der Waals surface area contributed by atoms with Crippen LogP contribution in [0.3, 0.4) is 0 Å². The molecule has 2 saturated carbocycles. The van der Waals surface area contributed by atoms with Crippen LogP contribution in [0.5, 0.6) is 23.0 Å².